The Morgan fingerprint density at radius 1 is 0.543 bits per heavy atom. The third-order valence-corrected chi connectivity index (χ3v) is 9.76. The highest BCUT2D eigenvalue weighted by atomic mass is 32.2. The van der Waals surface area contributed by atoms with E-state index in [1.165, 1.54) is 0 Å². The Kier molecular flexibility index (Phi) is 2.75. The maximum atomic E-state index is 13.5. The van der Waals surface area contributed by atoms with Gasteiger partial charge in [-0.15, -0.1) is 0 Å². The summed E-state index contributed by atoms with van der Waals surface area (Å²) in [5, 5.41) is 49.4. The molecule has 174 valence electrons. The summed E-state index contributed by atoms with van der Waals surface area (Å²) in [6.07, 6.45) is 3.26. The van der Waals surface area contributed by atoms with Gasteiger partial charge in [0.2, 0.25) is 0 Å². The Balaban J connectivity index is 1.80. The molecule has 0 unspecified atom stereocenters. The average Bonchev–Trinajstić information content (AvgIpc) is 3.24. The summed E-state index contributed by atoms with van der Waals surface area (Å²) in [6, 6.07) is 0. The van der Waals surface area contributed by atoms with Crippen LogP contribution in [0.2, 0.25) is 0 Å². The molecule has 2 aliphatic carbocycles. The second-order valence-corrected chi connectivity index (χ2v) is 11.5. The average molecular weight is 488 g/mol. The summed E-state index contributed by atoms with van der Waals surface area (Å²) in [5.74, 6) is -0.859. The van der Waals surface area contributed by atoms with Gasteiger partial charge in [-0.2, -0.15) is 8.42 Å². The fourth-order valence-corrected chi connectivity index (χ4v) is 8.53. The first-order chi connectivity index (χ1) is 16.8. The lowest BCUT2D eigenvalue weighted by molar-refractivity contribution is 0.416. The Hall–Kier alpha value is -3.85. The van der Waals surface area contributed by atoms with E-state index in [2.05, 4.69) is 0 Å². The zero-order chi connectivity index (χ0) is 23.7. The summed E-state index contributed by atoms with van der Waals surface area (Å²) < 4.78 is 38.6. The number of hydrogen-bond donors (Lipinski definition) is 4. The molecule has 1 aromatic heterocycles. The molecule has 2 heterocycles. The Labute approximate surface area is 196 Å². The maximum Gasteiger partial charge on any atom is 0.343 e. The molecule has 1 aliphatic heterocycles. The first-order valence-electron chi connectivity index (χ1n) is 11.6. The van der Waals surface area contributed by atoms with Gasteiger partial charge in [0.05, 0.1) is 0 Å². The smallest absolute Gasteiger partial charge is 0.343 e. The first-order valence-corrected chi connectivity index (χ1v) is 13.0. The van der Waals surface area contributed by atoms with E-state index in [0.717, 1.165) is 0 Å². The molecule has 3 aliphatic rings. The molecule has 35 heavy (non-hydrogen) atoms. The van der Waals surface area contributed by atoms with Crippen molar-refractivity contribution in [2.75, 3.05) is 0 Å². The van der Waals surface area contributed by atoms with Crippen molar-refractivity contribution in [3.8, 4) is 28.7 Å². The number of benzene rings is 5. The highest BCUT2D eigenvalue weighted by molar-refractivity contribution is 7.87. The van der Waals surface area contributed by atoms with Gasteiger partial charge in [-0.25, -0.2) is 0 Å². The summed E-state index contributed by atoms with van der Waals surface area (Å²) >= 11 is 0. The molecule has 9 heteroatoms. The number of phenolic OH excluding ortho intramolecular Hbond substituents is 4. The van der Waals surface area contributed by atoms with Crippen LogP contribution in [0.1, 0.15) is 35.1 Å². The molecule has 8 nitrogen and oxygen atoms in total. The quantitative estimate of drug-likeness (QED) is 0.136. The molecule has 0 radical (unpaired) electrons. The van der Waals surface area contributed by atoms with E-state index in [1.807, 2.05) is 0 Å². The summed E-state index contributed by atoms with van der Waals surface area (Å²) in [4.78, 5) is -0.313. The van der Waals surface area contributed by atoms with E-state index in [1.54, 1.807) is 0 Å². The standard InChI is InChI=1S/C26H16O8S/c27-19-7-3-1-5-9-11(7)13-15-16-14-12-8(20(28)24(16)33-23(15)19)4-2-6-10(12)22(30)26-18(14)17(13)25(21(9)29)34-35(26,31)32/h27-30H,1-6H2. The fraction of sp³-hybridized carbons (Fsp3) is 0.231. The van der Waals surface area contributed by atoms with Crippen LogP contribution >= 0.6 is 0 Å². The van der Waals surface area contributed by atoms with E-state index >= 15 is 0 Å². The second kappa shape index (κ2) is 5.21. The van der Waals surface area contributed by atoms with Gasteiger partial charge in [0, 0.05) is 54.6 Å². The minimum Gasteiger partial charge on any atom is -0.506 e. The van der Waals surface area contributed by atoms with Crippen LogP contribution in [0.4, 0.5) is 0 Å². The van der Waals surface area contributed by atoms with Gasteiger partial charge in [-0.3, -0.25) is 0 Å². The van der Waals surface area contributed by atoms with Crippen LogP contribution in [0.25, 0.3) is 54.3 Å². The third-order valence-electron chi connectivity index (χ3n) is 8.47. The van der Waals surface area contributed by atoms with Crippen LogP contribution in [0.3, 0.4) is 0 Å². The SMILES string of the molecule is O=S1(=O)Oc2c(O)c3c4c(c(O)c5oc6c(O)c7c8c(c(O)c1c1c2c4c5c6c81)CCC7)CCC3. The zero-order valence-corrected chi connectivity index (χ0v) is 18.9. The van der Waals surface area contributed by atoms with E-state index < -0.39 is 10.1 Å². The molecular weight excluding hydrogens is 472 g/mol. The van der Waals surface area contributed by atoms with Crippen molar-refractivity contribution in [3.63, 3.8) is 0 Å². The van der Waals surface area contributed by atoms with Crippen molar-refractivity contribution < 1.29 is 37.4 Å². The molecule has 4 N–H and O–H groups in total. The molecule has 9 rings (SSSR count). The van der Waals surface area contributed by atoms with Crippen molar-refractivity contribution in [3.05, 3.63) is 22.3 Å². The van der Waals surface area contributed by atoms with Crippen molar-refractivity contribution in [1.29, 1.82) is 0 Å². The molecule has 0 atom stereocenters. The Morgan fingerprint density at radius 3 is 1.60 bits per heavy atom. The Bertz CT molecular complexity index is 2130. The topological polar surface area (TPSA) is 137 Å². The number of aryl methyl sites for hydroxylation is 4. The van der Waals surface area contributed by atoms with Gasteiger partial charge >= 0.3 is 10.1 Å². The number of hydrogen-bond acceptors (Lipinski definition) is 8. The zero-order valence-electron chi connectivity index (χ0n) is 18.1. The van der Waals surface area contributed by atoms with E-state index in [4.69, 9.17) is 8.60 Å². The van der Waals surface area contributed by atoms with Gasteiger partial charge in [-0.05, 0) is 49.3 Å². The lowest BCUT2D eigenvalue weighted by Crippen LogP contribution is -2.18. The van der Waals surface area contributed by atoms with Crippen LogP contribution in [0, 0.1) is 0 Å². The van der Waals surface area contributed by atoms with Crippen LogP contribution in [-0.2, 0) is 35.8 Å². The van der Waals surface area contributed by atoms with Crippen LogP contribution < -0.4 is 4.18 Å². The van der Waals surface area contributed by atoms with Crippen LogP contribution in [-0.4, -0.2) is 28.8 Å². The monoisotopic (exact) mass is 488 g/mol. The highest BCUT2D eigenvalue weighted by Crippen LogP contribution is 2.63. The number of phenols is 4. The fourth-order valence-electron chi connectivity index (χ4n) is 7.26. The molecule has 0 fully saturated rings. The van der Waals surface area contributed by atoms with E-state index in [0.29, 0.717) is 98.5 Å². The molecule has 0 saturated carbocycles. The van der Waals surface area contributed by atoms with Gasteiger partial charge in [0.15, 0.2) is 39.1 Å². The molecule has 0 bridgehead atoms. The maximum absolute atomic E-state index is 13.5. The van der Waals surface area contributed by atoms with Crippen molar-refractivity contribution in [1.82, 2.24) is 0 Å². The molecule has 0 amide bonds. The minimum absolute atomic E-state index is 0.0278. The summed E-state index contributed by atoms with van der Waals surface area (Å²) in [6.45, 7) is 0. The second-order valence-electron chi connectivity index (χ2n) is 9.97. The summed E-state index contributed by atoms with van der Waals surface area (Å²) in [5.41, 5.74) is 2.59. The van der Waals surface area contributed by atoms with Gasteiger partial charge in [0.1, 0.15) is 5.75 Å². The largest absolute Gasteiger partial charge is 0.506 e. The van der Waals surface area contributed by atoms with E-state index in [9.17, 15) is 28.8 Å². The van der Waals surface area contributed by atoms with Crippen molar-refractivity contribution >= 4 is 64.4 Å². The lowest BCUT2D eigenvalue weighted by Gasteiger charge is -2.30. The third kappa shape index (κ3) is 1.68. The van der Waals surface area contributed by atoms with Crippen molar-refractivity contribution in [2.45, 2.75) is 43.4 Å². The van der Waals surface area contributed by atoms with Gasteiger partial charge < -0.3 is 29.0 Å². The van der Waals surface area contributed by atoms with Gasteiger partial charge in [0.25, 0.3) is 0 Å². The number of aromatic hydroxyl groups is 4. The van der Waals surface area contributed by atoms with Crippen LogP contribution in [0.15, 0.2) is 9.31 Å². The predicted molar refractivity (Wildman–Crippen MR) is 127 cm³/mol. The molecule has 6 aromatic rings. The van der Waals surface area contributed by atoms with Gasteiger partial charge in [-0.1, -0.05) is 0 Å². The predicted octanol–water partition coefficient (Wildman–Crippen LogP) is 4.80. The highest BCUT2D eigenvalue weighted by Gasteiger charge is 2.42. The summed E-state index contributed by atoms with van der Waals surface area (Å²) in [7, 11) is -4.46. The Morgan fingerprint density at radius 2 is 1.03 bits per heavy atom. The minimum atomic E-state index is -4.46. The van der Waals surface area contributed by atoms with Crippen molar-refractivity contribution in [2.24, 2.45) is 0 Å². The molecule has 0 spiro atoms. The van der Waals surface area contributed by atoms with Crippen LogP contribution in [0.5, 0.6) is 28.7 Å². The number of rotatable bonds is 0. The lowest BCUT2D eigenvalue weighted by atomic mass is 9.78. The normalized spacial score (nSPS) is 18.2. The molecular formula is C26H16O8S. The molecule has 0 saturated heterocycles. The van der Waals surface area contributed by atoms with E-state index in [-0.39, 0.29) is 50.2 Å². The first kappa shape index (κ1) is 18.5. The molecule has 5 aromatic carbocycles. The number of furan rings is 1.